The molecule has 146 valence electrons. The molecule has 2 aromatic rings. The van der Waals surface area contributed by atoms with Gasteiger partial charge in [-0.05, 0) is 77.8 Å². The number of hydrogen-bond donors (Lipinski definition) is 0. The standard InChI is InChI=1S/C21H21BrN2O2S2/c1-13(2)26-18-10-5-14(11-17(18)22)12-19-20(25)24(21(27)28-19)16-8-6-15(7-9-16)23(3)4/h5-13H,1-4H3/b19-12-. The van der Waals surface area contributed by atoms with Gasteiger partial charge < -0.3 is 9.64 Å². The lowest BCUT2D eigenvalue weighted by Gasteiger charge is -2.17. The third kappa shape index (κ3) is 4.59. The number of nitrogens with zero attached hydrogens (tertiary/aromatic N) is 2. The van der Waals surface area contributed by atoms with E-state index in [0.29, 0.717) is 9.23 Å². The minimum absolute atomic E-state index is 0.0947. The van der Waals surface area contributed by atoms with Gasteiger partial charge in [0.25, 0.3) is 5.91 Å². The van der Waals surface area contributed by atoms with Crippen molar-refractivity contribution in [1.82, 2.24) is 0 Å². The first kappa shape index (κ1) is 20.9. The molecule has 7 heteroatoms. The normalized spacial score (nSPS) is 15.6. The van der Waals surface area contributed by atoms with Crippen LogP contribution in [0.2, 0.25) is 0 Å². The van der Waals surface area contributed by atoms with Crippen LogP contribution in [0.5, 0.6) is 5.75 Å². The number of halogens is 1. The summed E-state index contributed by atoms with van der Waals surface area (Å²) in [7, 11) is 3.96. The number of anilines is 2. The minimum Gasteiger partial charge on any atom is -0.490 e. The maximum Gasteiger partial charge on any atom is 0.270 e. The van der Waals surface area contributed by atoms with E-state index >= 15 is 0 Å². The van der Waals surface area contributed by atoms with Gasteiger partial charge in [0.1, 0.15) is 5.75 Å². The van der Waals surface area contributed by atoms with Gasteiger partial charge in [0.15, 0.2) is 4.32 Å². The predicted octanol–water partition coefficient (Wildman–Crippen LogP) is 5.71. The molecular formula is C21H21BrN2O2S2. The number of benzene rings is 2. The van der Waals surface area contributed by atoms with Crippen molar-refractivity contribution in [3.05, 3.63) is 57.4 Å². The van der Waals surface area contributed by atoms with E-state index in [0.717, 1.165) is 27.2 Å². The van der Waals surface area contributed by atoms with Crippen molar-refractivity contribution in [2.75, 3.05) is 23.9 Å². The highest BCUT2D eigenvalue weighted by Crippen LogP contribution is 2.37. The van der Waals surface area contributed by atoms with E-state index in [1.165, 1.54) is 11.8 Å². The van der Waals surface area contributed by atoms with Crippen molar-refractivity contribution in [2.24, 2.45) is 0 Å². The topological polar surface area (TPSA) is 32.8 Å². The lowest BCUT2D eigenvalue weighted by atomic mass is 10.2. The molecule has 1 heterocycles. The highest BCUT2D eigenvalue weighted by Gasteiger charge is 2.33. The van der Waals surface area contributed by atoms with E-state index in [1.807, 2.05) is 81.4 Å². The summed E-state index contributed by atoms with van der Waals surface area (Å²) in [5, 5.41) is 0. The van der Waals surface area contributed by atoms with Gasteiger partial charge in [-0.1, -0.05) is 30.0 Å². The van der Waals surface area contributed by atoms with Crippen LogP contribution >= 0.6 is 39.9 Å². The summed E-state index contributed by atoms with van der Waals surface area (Å²) < 4.78 is 7.12. The Morgan fingerprint density at radius 3 is 2.43 bits per heavy atom. The fourth-order valence-electron chi connectivity index (χ4n) is 2.70. The van der Waals surface area contributed by atoms with Crippen LogP contribution in [0.3, 0.4) is 0 Å². The quantitative estimate of drug-likeness (QED) is 0.407. The molecule has 0 bridgehead atoms. The highest BCUT2D eigenvalue weighted by molar-refractivity contribution is 9.10. The van der Waals surface area contributed by atoms with Crippen LogP contribution in [0.4, 0.5) is 11.4 Å². The molecule has 4 nitrogen and oxygen atoms in total. The molecule has 2 aromatic carbocycles. The van der Waals surface area contributed by atoms with Gasteiger partial charge in [0.05, 0.1) is 21.2 Å². The molecule has 0 atom stereocenters. The monoisotopic (exact) mass is 476 g/mol. The van der Waals surface area contributed by atoms with Crippen molar-refractivity contribution in [2.45, 2.75) is 20.0 Å². The molecule has 0 radical (unpaired) electrons. The molecule has 1 fully saturated rings. The molecule has 1 amide bonds. The minimum atomic E-state index is -0.105. The summed E-state index contributed by atoms with van der Waals surface area (Å²) in [6.07, 6.45) is 1.95. The number of carbonyl (C=O) groups excluding carboxylic acids is 1. The maximum absolute atomic E-state index is 12.9. The van der Waals surface area contributed by atoms with E-state index < -0.39 is 0 Å². The third-order valence-electron chi connectivity index (χ3n) is 4.03. The molecule has 1 aliphatic rings. The van der Waals surface area contributed by atoms with Crippen molar-refractivity contribution < 1.29 is 9.53 Å². The van der Waals surface area contributed by atoms with Gasteiger partial charge in [-0.25, -0.2) is 0 Å². The second-order valence-electron chi connectivity index (χ2n) is 6.78. The second-order valence-corrected chi connectivity index (χ2v) is 9.31. The second kappa shape index (κ2) is 8.68. The SMILES string of the molecule is CC(C)Oc1ccc(/C=C2\SC(=S)N(c3ccc(N(C)C)cc3)C2=O)cc1Br. The summed E-state index contributed by atoms with van der Waals surface area (Å²) in [6, 6.07) is 13.5. The molecule has 0 aliphatic carbocycles. The Kier molecular flexibility index (Phi) is 6.47. The third-order valence-corrected chi connectivity index (χ3v) is 5.96. The first-order chi connectivity index (χ1) is 13.3. The highest BCUT2D eigenvalue weighted by atomic mass is 79.9. The van der Waals surface area contributed by atoms with Crippen LogP contribution in [0.1, 0.15) is 19.4 Å². The fourth-order valence-corrected chi connectivity index (χ4v) is 4.49. The zero-order chi connectivity index (χ0) is 20.4. The van der Waals surface area contributed by atoms with Crippen LogP contribution in [0, 0.1) is 0 Å². The van der Waals surface area contributed by atoms with Crippen LogP contribution in [-0.4, -0.2) is 30.4 Å². The van der Waals surface area contributed by atoms with Gasteiger partial charge in [0, 0.05) is 19.8 Å². The Morgan fingerprint density at radius 2 is 1.86 bits per heavy atom. The number of hydrogen-bond acceptors (Lipinski definition) is 5. The number of amides is 1. The molecular weight excluding hydrogens is 456 g/mol. The molecule has 1 saturated heterocycles. The number of thiocarbonyl (C=S) groups is 1. The number of ether oxygens (including phenoxy) is 1. The molecule has 1 aliphatic heterocycles. The zero-order valence-electron chi connectivity index (χ0n) is 16.1. The Hall–Kier alpha value is -1.83. The molecule has 0 N–H and O–H groups in total. The van der Waals surface area contributed by atoms with Gasteiger partial charge in [0.2, 0.25) is 0 Å². The van der Waals surface area contributed by atoms with E-state index in [-0.39, 0.29) is 12.0 Å². The van der Waals surface area contributed by atoms with Crippen LogP contribution in [-0.2, 0) is 4.79 Å². The van der Waals surface area contributed by atoms with Crippen molar-refractivity contribution in [3.8, 4) is 5.75 Å². The first-order valence-electron chi connectivity index (χ1n) is 8.78. The fraction of sp³-hybridized carbons (Fsp3) is 0.238. The first-order valence-corrected chi connectivity index (χ1v) is 10.8. The number of thioether (sulfide) groups is 1. The smallest absolute Gasteiger partial charge is 0.270 e. The van der Waals surface area contributed by atoms with Gasteiger partial charge in [-0.2, -0.15) is 0 Å². The largest absolute Gasteiger partial charge is 0.490 e. The van der Waals surface area contributed by atoms with Crippen molar-refractivity contribution in [3.63, 3.8) is 0 Å². The van der Waals surface area contributed by atoms with Crippen LogP contribution in [0.25, 0.3) is 6.08 Å². The zero-order valence-corrected chi connectivity index (χ0v) is 19.3. The molecule has 0 saturated carbocycles. The van der Waals surface area contributed by atoms with Crippen LogP contribution in [0.15, 0.2) is 51.8 Å². The van der Waals surface area contributed by atoms with E-state index in [1.54, 1.807) is 4.90 Å². The van der Waals surface area contributed by atoms with Gasteiger partial charge in [-0.3, -0.25) is 9.69 Å². The van der Waals surface area contributed by atoms with Crippen molar-refractivity contribution in [1.29, 1.82) is 0 Å². The molecule has 28 heavy (non-hydrogen) atoms. The average Bonchev–Trinajstić information content (AvgIpc) is 2.90. The summed E-state index contributed by atoms with van der Waals surface area (Å²) in [5.74, 6) is 0.673. The molecule has 3 rings (SSSR count). The Labute approximate surface area is 183 Å². The molecule has 0 aromatic heterocycles. The Morgan fingerprint density at radius 1 is 1.18 bits per heavy atom. The van der Waals surface area contributed by atoms with E-state index in [9.17, 15) is 4.79 Å². The summed E-state index contributed by atoms with van der Waals surface area (Å²) >= 11 is 10.3. The number of rotatable bonds is 5. The van der Waals surface area contributed by atoms with Crippen molar-refractivity contribution >= 4 is 67.6 Å². The Balaban J connectivity index is 1.84. The lowest BCUT2D eigenvalue weighted by Crippen LogP contribution is -2.27. The summed E-state index contributed by atoms with van der Waals surface area (Å²) in [4.78, 5) is 17.1. The van der Waals surface area contributed by atoms with Crippen LogP contribution < -0.4 is 14.5 Å². The molecule has 0 spiro atoms. The van der Waals surface area contributed by atoms with E-state index in [4.69, 9.17) is 17.0 Å². The predicted molar refractivity (Wildman–Crippen MR) is 126 cm³/mol. The maximum atomic E-state index is 12.9. The summed E-state index contributed by atoms with van der Waals surface area (Å²) in [5.41, 5.74) is 2.75. The summed E-state index contributed by atoms with van der Waals surface area (Å²) in [6.45, 7) is 3.97. The molecule has 0 unspecified atom stereocenters. The average molecular weight is 477 g/mol. The van der Waals surface area contributed by atoms with Gasteiger partial charge in [-0.15, -0.1) is 0 Å². The lowest BCUT2D eigenvalue weighted by molar-refractivity contribution is -0.113. The van der Waals surface area contributed by atoms with Gasteiger partial charge >= 0.3 is 0 Å². The Bertz CT molecular complexity index is 940. The number of carbonyl (C=O) groups is 1. The van der Waals surface area contributed by atoms with E-state index in [2.05, 4.69) is 15.9 Å².